The van der Waals surface area contributed by atoms with E-state index in [0.717, 1.165) is 0 Å². The van der Waals surface area contributed by atoms with Gasteiger partial charge in [-0.15, -0.1) is 0 Å². The first-order valence-electron chi connectivity index (χ1n) is 6.71. The van der Waals surface area contributed by atoms with E-state index in [0.29, 0.717) is 22.7 Å². The number of benzene rings is 2. The van der Waals surface area contributed by atoms with Crippen LogP contribution in [0.25, 0.3) is 0 Å². The number of hydrogen-bond donors (Lipinski definition) is 1. The molecule has 0 aliphatic heterocycles. The van der Waals surface area contributed by atoms with Crippen molar-refractivity contribution in [2.75, 3.05) is 5.73 Å². The van der Waals surface area contributed by atoms with Gasteiger partial charge >= 0.3 is 5.97 Å². The molecule has 0 aromatic heterocycles. The summed E-state index contributed by atoms with van der Waals surface area (Å²) >= 11 is 0. The van der Waals surface area contributed by atoms with Gasteiger partial charge < -0.3 is 15.2 Å². The molecule has 0 saturated carbocycles. The fourth-order valence-corrected chi connectivity index (χ4v) is 1.74. The van der Waals surface area contributed by atoms with Gasteiger partial charge in [-0.05, 0) is 51.1 Å². The molecule has 0 fully saturated rings. The number of anilines is 1. The Morgan fingerprint density at radius 2 is 1.71 bits per heavy atom. The van der Waals surface area contributed by atoms with Crippen molar-refractivity contribution in [2.45, 2.75) is 26.4 Å². The van der Waals surface area contributed by atoms with Gasteiger partial charge in [0.2, 0.25) is 0 Å². The molecule has 2 aromatic carbocycles. The van der Waals surface area contributed by atoms with E-state index in [4.69, 9.17) is 15.2 Å². The van der Waals surface area contributed by atoms with Crippen molar-refractivity contribution in [3.8, 4) is 11.5 Å². The van der Waals surface area contributed by atoms with Gasteiger partial charge in [0.25, 0.3) is 0 Å². The maximum absolute atomic E-state index is 12.3. The Hall–Kier alpha value is -2.49. The predicted molar refractivity (Wildman–Crippen MR) is 82.5 cm³/mol. The fraction of sp³-hybridized carbons (Fsp3) is 0.235. The summed E-state index contributed by atoms with van der Waals surface area (Å²) in [5.74, 6) is 0.609. The van der Waals surface area contributed by atoms with Crippen molar-refractivity contribution in [3.63, 3.8) is 0 Å². The Morgan fingerprint density at radius 1 is 1.05 bits per heavy atom. The summed E-state index contributed by atoms with van der Waals surface area (Å²) in [7, 11) is 0. The van der Waals surface area contributed by atoms with Crippen molar-refractivity contribution in [1.82, 2.24) is 0 Å². The largest absolute Gasteiger partial charge is 0.456 e. The van der Waals surface area contributed by atoms with Gasteiger partial charge in [-0.1, -0.05) is 18.2 Å². The molecule has 0 aliphatic carbocycles. The average Bonchev–Trinajstić information content (AvgIpc) is 2.40. The molecule has 0 atom stereocenters. The highest BCUT2D eigenvalue weighted by Crippen LogP contribution is 2.28. The quantitative estimate of drug-likeness (QED) is 0.683. The van der Waals surface area contributed by atoms with E-state index in [1.165, 1.54) is 0 Å². The minimum absolute atomic E-state index is 0.314. The van der Waals surface area contributed by atoms with E-state index < -0.39 is 11.6 Å². The van der Waals surface area contributed by atoms with E-state index >= 15 is 0 Å². The molecule has 0 bridgehead atoms. The molecular formula is C17H19NO3. The number of rotatable bonds is 3. The zero-order valence-corrected chi connectivity index (χ0v) is 12.4. The lowest BCUT2D eigenvalue weighted by atomic mass is 10.1. The first kappa shape index (κ1) is 14.9. The smallest absolute Gasteiger partial charge is 0.342 e. The van der Waals surface area contributed by atoms with E-state index in [-0.39, 0.29) is 0 Å². The highest BCUT2D eigenvalue weighted by atomic mass is 16.6. The third-order valence-electron chi connectivity index (χ3n) is 2.59. The summed E-state index contributed by atoms with van der Waals surface area (Å²) in [6.45, 7) is 5.44. The Labute approximate surface area is 124 Å². The summed E-state index contributed by atoms with van der Waals surface area (Å²) in [5, 5.41) is 0. The number of hydrogen-bond acceptors (Lipinski definition) is 4. The van der Waals surface area contributed by atoms with Crippen LogP contribution < -0.4 is 10.5 Å². The first-order chi connectivity index (χ1) is 9.85. The van der Waals surface area contributed by atoms with Gasteiger partial charge in [0.15, 0.2) is 0 Å². The summed E-state index contributed by atoms with van der Waals surface area (Å²) in [6.07, 6.45) is 0. The second-order valence-corrected chi connectivity index (χ2v) is 5.67. The lowest BCUT2D eigenvalue weighted by molar-refractivity contribution is 0.00672. The van der Waals surface area contributed by atoms with Crippen molar-refractivity contribution in [2.24, 2.45) is 0 Å². The van der Waals surface area contributed by atoms with E-state index in [1.807, 2.05) is 51.1 Å². The normalized spacial score (nSPS) is 11.0. The highest BCUT2D eigenvalue weighted by Gasteiger charge is 2.21. The molecule has 0 heterocycles. The van der Waals surface area contributed by atoms with Gasteiger partial charge in [-0.3, -0.25) is 0 Å². The average molecular weight is 285 g/mol. The van der Waals surface area contributed by atoms with Crippen LogP contribution in [0.15, 0.2) is 48.5 Å². The van der Waals surface area contributed by atoms with Crippen molar-refractivity contribution >= 4 is 11.7 Å². The molecule has 0 spiro atoms. The second kappa shape index (κ2) is 5.87. The number of carbonyl (C=O) groups excluding carboxylic acids is 1. The number of nitrogens with two attached hydrogens (primary N) is 1. The van der Waals surface area contributed by atoms with Crippen LogP contribution in [0.2, 0.25) is 0 Å². The summed E-state index contributed by atoms with van der Waals surface area (Å²) in [5.41, 5.74) is 5.98. The van der Waals surface area contributed by atoms with Crippen LogP contribution in [-0.4, -0.2) is 11.6 Å². The third kappa shape index (κ3) is 4.24. The van der Waals surface area contributed by atoms with Crippen LogP contribution in [0, 0.1) is 0 Å². The monoisotopic (exact) mass is 285 g/mol. The number of nitrogen functional groups attached to an aromatic ring is 1. The van der Waals surface area contributed by atoms with Gasteiger partial charge in [0, 0.05) is 5.69 Å². The highest BCUT2D eigenvalue weighted by molar-refractivity contribution is 5.94. The first-order valence-corrected chi connectivity index (χ1v) is 6.71. The molecule has 0 radical (unpaired) electrons. The topological polar surface area (TPSA) is 61.5 Å². The van der Waals surface area contributed by atoms with Gasteiger partial charge in [0.1, 0.15) is 22.7 Å². The molecule has 2 N–H and O–H groups in total. The molecule has 2 aromatic rings. The van der Waals surface area contributed by atoms with Gasteiger partial charge in [0.05, 0.1) is 0 Å². The van der Waals surface area contributed by atoms with Crippen LogP contribution in [-0.2, 0) is 4.74 Å². The third-order valence-corrected chi connectivity index (χ3v) is 2.59. The predicted octanol–water partition coefficient (Wildman–Crippen LogP) is 4.02. The van der Waals surface area contributed by atoms with Gasteiger partial charge in [-0.2, -0.15) is 0 Å². The lowest BCUT2D eigenvalue weighted by Gasteiger charge is -2.20. The van der Waals surface area contributed by atoms with Crippen molar-refractivity contribution < 1.29 is 14.3 Å². The Balaban J connectivity index is 2.32. The Morgan fingerprint density at radius 3 is 2.33 bits per heavy atom. The van der Waals surface area contributed by atoms with Gasteiger partial charge in [-0.25, -0.2) is 4.79 Å². The van der Waals surface area contributed by atoms with Crippen LogP contribution in [0.5, 0.6) is 11.5 Å². The molecule has 4 nitrogen and oxygen atoms in total. The number of esters is 1. The molecule has 0 aliphatic rings. The van der Waals surface area contributed by atoms with E-state index in [1.54, 1.807) is 18.2 Å². The maximum Gasteiger partial charge on any atom is 0.342 e. The van der Waals surface area contributed by atoms with Crippen LogP contribution in [0.1, 0.15) is 31.1 Å². The van der Waals surface area contributed by atoms with E-state index in [9.17, 15) is 4.79 Å². The Bertz CT molecular complexity index is 630. The van der Waals surface area contributed by atoms with Crippen molar-refractivity contribution in [3.05, 3.63) is 54.1 Å². The number of para-hydroxylation sites is 1. The molecule has 110 valence electrons. The number of ether oxygens (including phenoxy) is 2. The second-order valence-electron chi connectivity index (χ2n) is 5.67. The van der Waals surface area contributed by atoms with Crippen molar-refractivity contribution in [1.29, 1.82) is 0 Å². The molecular weight excluding hydrogens is 266 g/mol. The summed E-state index contributed by atoms with van der Waals surface area (Å²) in [6, 6.07) is 14.2. The zero-order chi connectivity index (χ0) is 15.5. The van der Waals surface area contributed by atoms with E-state index in [2.05, 4.69) is 0 Å². The summed E-state index contributed by atoms with van der Waals surface area (Å²) < 4.78 is 11.1. The van der Waals surface area contributed by atoms with Crippen LogP contribution in [0.3, 0.4) is 0 Å². The molecule has 4 heteroatoms. The molecule has 2 rings (SSSR count). The molecule has 0 unspecified atom stereocenters. The standard InChI is InChI=1S/C17H19NO3/c1-17(2,3)21-16(19)14-11-12(18)9-10-15(14)20-13-7-5-4-6-8-13/h4-11H,18H2,1-3H3. The van der Waals surface area contributed by atoms with Crippen LogP contribution >= 0.6 is 0 Å². The minimum Gasteiger partial charge on any atom is -0.456 e. The van der Waals surface area contributed by atoms with Crippen LogP contribution in [0.4, 0.5) is 5.69 Å². The molecule has 21 heavy (non-hydrogen) atoms. The maximum atomic E-state index is 12.3. The fourth-order valence-electron chi connectivity index (χ4n) is 1.74. The zero-order valence-electron chi connectivity index (χ0n) is 12.4. The SMILES string of the molecule is CC(C)(C)OC(=O)c1cc(N)ccc1Oc1ccccc1. The summed E-state index contributed by atoms with van der Waals surface area (Å²) in [4.78, 5) is 12.3. The minimum atomic E-state index is -0.578. The molecule has 0 saturated heterocycles. The number of carbonyl (C=O) groups is 1. The molecule has 0 amide bonds. The lowest BCUT2D eigenvalue weighted by Crippen LogP contribution is -2.24. The Kier molecular flexibility index (Phi) is 4.17.